The van der Waals surface area contributed by atoms with E-state index >= 15 is 0 Å². The topological polar surface area (TPSA) is 93.3 Å². The van der Waals surface area contributed by atoms with Crippen molar-refractivity contribution in [3.05, 3.63) is 27.6 Å². The monoisotopic (exact) mass is 365 g/mol. The van der Waals surface area contributed by atoms with Gasteiger partial charge in [0.05, 0.1) is 16.8 Å². The van der Waals surface area contributed by atoms with Gasteiger partial charge >= 0.3 is 7.12 Å². The fourth-order valence-electron chi connectivity index (χ4n) is 2.22. The van der Waals surface area contributed by atoms with Crippen LogP contribution in [0.25, 0.3) is 6.08 Å². The molecule has 2 heterocycles. The van der Waals surface area contributed by atoms with Crippen LogP contribution >= 0.6 is 11.8 Å². The predicted molar refractivity (Wildman–Crippen MR) is 99.4 cm³/mol. The Morgan fingerprint density at radius 3 is 2.44 bits per heavy atom. The van der Waals surface area contributed by atoms with Gasteiger partial charge < -0.3 is 19.6 Å². The lowest BCUT2D eigenvalue weighted by molar-refractivity contribution is -0.118. The van der Waals surface area contributed by atoms with E-state index < -0.39 is 18.3 Å². The van der Waals surface area contributed by atoms with Crippen LogP contribution in [0.5, 0.6) is 0 Å². The van der Waals surface area contributed by atoms with E-state index in [1.54, 1.807) is 6.08 Å². The number of aromatic nitrogens is 2. The van der Waals surface area contributed by atoms with Crippen molar-refractivity contribution in [2.45, 2.75) is 51.0 Å². The Morgan fingerprint density at radius 2 is 1.96 bits per heavy atom. The van der Waals surface area contributed by atoms with Crippen molar-refractivity contribution >= 4 is 30.9 Å². The molecule has 9 heteroatoms. The number of nitrogens with zero attached hydrogens (tertiary/aromatic N) is 1. The molecule has 1 aromatic rings. The molecule has 0 aromatic carbocycles. The minimum atomic E-state index is -0.656. The van der Waals surface area contributed by atoms with Crippen molar-refractivity contribution in [1.29, 1.82) is 0 Å². The second-order valence-electron chi connectivity index (χ2n) is 6.89. The third kappa shape index (κ3) is 4.53. The summed E-state index contributed by atoms with van der Waals surface area (Å²) in [7, 11) is -0.656. The van der Waals surface area contributed by atoms with Crippen molar-refractivity contribution in [2.75, 3.05) is 12.8 Å². The van der Waals surface area contributed by atoms with Gasteiger partial charge in [-0.05, 0) is 39.4 Å². The van der Waals surface area contributed by atoms with E-state index in [1.165, 1.54) is 24.9 Å². The normalized spacial score (nSPS) is 19.1. The average molecular weight is 365 g/mol. The largest absolute Gasteiger partial charge is 0.492 e. The van der Waals surface area contributed by atoms with E-state index in [0.717, 1.165) is 0 Å². The number of nitrogens with one attached hydrogen (secondary N) is 2. The summed E-state index contributed by atoms with van der Waals surface area (Å²) in [5, 5.41) is 3.28. The van der Waals surface area contributed by atoms with Crippen LogP contribution in [-0.4, -0.2) is 47.0 Å². The molecule has 0 radical (unpaired) electrons. The molecule has 1 saturated heterocycles. The van der Waals surface area contributed by atoms with Crippen molar-refractivity contribution in [2.24, 2.45) is 0 Å². The van der Waals surface area contributed by atoms with E-state index in [2.05, 4.69) is 15.3 Å². The van der Waals surface area contributed by atoms with Gasteiger partial charge in [0.2, 0.25) is 5.91 Å². The first-order valence-electron chi connectivity index (χ1n) is 7.99. The Balaban J connectivity index is 2.37. The summed E-state index contributed by atoms with van der Waals surface area (Å²) in [4.78, 5) is 30.4. The highest BCUT2D eigenvalue weighted by molar-refractivity contribution is 7.98. The van der Waals surface area contributed by atoms with Gasteiger partial charge in [0.1, 0.15) is 0 Å². The molecule has 136 valence electrons. The number of rotatable bonds is 5. The molecule has 0 aliphatic carbocycles. The molecule has 0 bridgehead atoms. The summed E-state index contributed by atoms with van der Waals surface area (Å²) in [5.74, 6) is -0.174. The van der Waals surface area contributed by atoms with Gasteiger partial charge in [-0.2, -0.15) is 0 Å². The molecule has 7 nitrogen and oxygen atoms in total. The fourth-order valence-corrected chi connectivity index (χ4v) is 2.57. The smallest absolute Gasteiger partial charge is 0.400 e. The molecular formula is C16H24BN3O4S. The van der Waals surface area contributed by atoms with E-state index in [-0.39, 0.29) is 18.0 Å². The number of hydrogen-bond acceptors (Lipinski definition) is 6. The van der Waals surface area contributed by atoms with Crippen molar-refractivity contribution < 1.29 is 14.1 Å². The van der Waals surface area contributed by atoms with Crippen molar-refractivity contribution in [3.8, 4) is 0 Å². The Morgan fingerprint density at radius 1 is 1.36 bits per heavy atom. The molecule has 1 aliphatic heterocycles. The molecule has 25 heavy (non-hydrogen) atoms. The molecule has 0 saturated carbocycles. The quantitative estimate of drug-likeness (QED) is 0.468. The second kappa shape index (κ2) is 7.35. The third-order valence-corrected chi connectivity index (χ3v) is 5.03. The zero-order chi connectivity index (χ0) is 18.8. The summed E-state index contributed by atoms with van der Waals surface area (Å²) in [6.07, 6.45) is 5.00. The molecule has 2 rings (SSSR count). The molecular weight excluding hydrogens is 341 g/mol. The summed E-state index contributed by atoms with van der Waals surface area (Å²) in [5.41, 5.74) is -0.247. The maximum atomic E-state index is 12.2. The molecule has 0 atom stereocenters. The number of carbonyl (C=O) groups excluding carboxylic acids is 1. The van der Waals surface area contributed by atoms with Crippen LogP contribution in [0.15, 0.2) is 21.6 Å². The van der Waals surface area contributed by atoms with Gasteiger partial charge in [-0.15, -0.1) is 0 Å². The summed E-state index contributed by atoms with van der Waals surface area (Å²) in [6, 6.07) is 0. The Bertz CT molecular complexity index is 729. The zero-order valence-corrected chi connectivity index (χ0v) is 16.2. The molecule has 1 amide bonds. The summed E-state index contributed by atoms with van der Waals surface area (Å²) < 4.78 is 12.1. The van der Waals surface area contributed by atoms with Crippen LogP contribution in [0, 0.1) is 0 Å². The second-order valence-corrected chi connectivity index (χ2v) is 7.69. The lowest BCUT2D eigenvalue weighted by atomic mass is 9.77. The molecule has 1 aromatic heterocycles. The van der Waals surface area contributed by atoms with Gasteiger partial charge in [0, 0.05) is 19.7 Å². The first-order valence-corrected chi connectivity index (χ1v) is 9.22. The van der Waals surface area contributed by atoms with Gasteiger partial charge in [-0.25, -0.2) is 4.98 Å². The number of H-pyrrole nitrogens is 1. The minimum Gasteiger partial charge on any atom is -0.400 e. The van der Waals surface area contributed by atoms with Crippen LogP contribution < -0.4 is 10.9 Å². The van der Waals surface area contributed by atoms with Crippen LogP contribution in [0.3, 0.4) is 0 Å². The van der Waals surface area contributed by atoms with E-state index in [0.29, 0.717) is 16.2 Å². The highest BCUT2D eigenvalue weighted by Crippen LogP contribution is 2.38. The van der Waals surface area contributed by atoms with E-state index in [4.69, 9.17) is 9.31 Å². The van der Waals surface area contributed by atoms with Gasteiger partial charge in [0.25, 0.3) is 5.56 Å². The molecule has 1 fully saturated rings. The highest BCUT2D eigenvalue weighted by Gasteiger charge is 2.52. The molecule has 0 spiro atoms. The van der Waals surface area contributed by atoms with E-state index in [1.807, 2.05) is 34.0 Å². The Hall–Kier alpha value is -1.58. The van der Waals surface area contributed by atoms with E-state index in [9.17, 15) is 9.59 Å². The van der Waals surface area contributed by atoms with Gasteiger partial charge in [-0.3, -0.25) is 9.59 Å². The zero-order valence-electron chi connectivity index (χ0n) is 15.4. The lowest BCUT2D eigenvalue weighted by Gasteiger charge is -2.32. The minimum absolute atomic E-state index is 0.174. The fraction of sp³-hybridized carbons (Fsp3) is 0.562. The standard InChI is InChI=1S/C16H24BN3O4S/c1-10(21)18-9-12(17-23-15(2,3)16(4,5)24-17)7-11-8-19-14(25-6)20-13(11)22/h7-8H,9H2,1-6H3,(H,18,21)(H,19,20,22). The van der Waals surface area contributed by atoms with Crippen LogP contribution in [0.1, 0.15) is 40.2 Å². The molecule has 0 unspecified atom stereocenters. The van der Waals surface area contributed by atoms with Gasteiger partial charge in [0.15, 0.2) is 5.16 Å². The number of amides is 1. The van der Waals surface area contributed by atoms with Crippen molar-refractivity contribution in [1.82, 2.24) is 15.3 Å². The van der Waals surface area contributed by atoms with Crippen LogP contribution in [-0.2, 0) is 14.1 Å². The average Bonchev–Trinajstić information content (AvgIpc) is 2.72. The summed E-state index contributed by atoms with van der Waals surface area (Å²) in [6.45, 7) is 9.45. The maximum Gasteiger partial charge on any atom is 0.492 e. The molecule has 2 N–H and O–H groups in total. The van der Waals surface area contributed by atoms with Crippen LogP contribution in [0.2, 0.25) is 0 Å². The van der Waals surface area contributed by atoms with Crippen molar-refractivity contribution in [3.63, 3.8) is 0 Å². The van der Waals surface area contributed by atoms with Crippen LogP contribution in [0.4, 0.5) is 0 Å². The Kier molecular flexibility index (Phi) is 5.80. The first kappa shape index (κ1) is 19.7. The van der Waals surface area contributed by atoms with Gasteiger partial charge in [-0.1, -0.05) is 17.8 Å². The number of aromatic amines is 1. The lowest BCUT2D eigenvalue weighted by Crippen LogP contribution is -2.41. The number of thioether (sulfide) groups is 1. The number of carbonyl (C=O) groups is 1. The third-order valence-electron chi connectivity index (χ3n) is 4.44. The summed E-state index contributed by atoms with van der Waals surface area (Å²) >= 11 is 1.36. The Labute approximate surface area is 152 Å². The first-order chi connectivity index (χ1) is 11.6. The number of hydrogen-bond donors (Lipinski definition) is 2. The molecule has 1 aliphatic rings. The SMILES string of the molecule is CSc1ncc(C=C(CNC(C)=O)B2OC(C)(C)C(C)(C)O2)c(=O)[nH]1. The highest BCUT2D eigenvalue weighted by atomic mass is 32.2. The maximum absolute atomic E-state index is 12.2. The predicted octanol–water partition coefficient (Wildman–Crippen LogP) is 1.64.